The minimum Gasteiger partial charge on any atom is -0.0654 e. The normalized spacial score (nSPS) is 11.2. The maximum atomic E-state index is 2.42. The second kappa shape index (κ2) is 22.0. The van der Waals surface area contributed by atoms with Crippen LogP contribution in [0.5, 0.6) is 0 Å². The van der Waals surface area contributed by atoms with Gasteiger partial charge in [0, 0.05) is 0 Å². The zero-order valence-corrected chi connectivity index (χ0v) is 16.7. The van der Waals surface area contributed by atoms with Crippen LogP contribution in [0.2, 0.25) is 0 Å². The molecule has 0 spiro atoms. The third kappa shape index (κ3) is 22.0. The summed E-state index contributed by atoms with van der Waals surface area (Å²) in [5.41, 5.74) is 0. The minimum atomic E-state index is 1.25. The molecule has 0 fully saturated rings. The molecule has 0 aliphatic heterocycles. The molecule has 0 rings (SSSR count). The van der Waals surface area contributed by atoms with Crippen LogP contribution in [0.3, 0.4) is 0 Å². The van der Waals surface area contributed by atoms with Gasteiger partial charge in [-0.2, -0.15) is 0 Å². The van der Waals surface area contributed by atoms with Crippen molar-refractivity contribution in [1.29, 1.82) is 0 Å². The number of hydrogen-bond donors (Lipinski definition) is 0. The third-order valence-corrected chi connectivity index (χ3v) is 5.05. The summed E-state index contributed by atoms with van der Waals surface area (Å²) >= 11 is 0. The van der Waals surface area contributed by atoms with Gasteiger partial charge in [-0.1, -0.05) is 142 Å². The highest BCUT2D eigenvalue weighted by Gasteiger charge is 1.95. The van der Waals surface area contributed by atoms with Crippen LogP contribution in [0.25, 0.3) is 0 Å². The van der Waals surface area contributed by atoms with E-state index >= 15 is 0 Å². The summed E-state index contributed by atoms with van der Waals surface area (Å²) in [5.74, 6) is 0. The molecule has 0 atom stereocenters. The summed E-state index contributed by atoms with van der Waals surface area (Å²) in [7, 11) is 0. The van der Waals surface area contributed by atoms with Gasteiger partial charge in [-0.3, -0.25) is 0 Å². The lowest BCUT2D eigenvalue weighted by molar-refractivity contribution is 0.524. The van der Waals surface area contributed by atoms with Crippen LogP contribution in [0.4, 0.5) is 0 Å². The van der Waals surface area contributed by atoms with E-state index in [0.29, 0.717) is 0 Å². The Balaban J connectivity index is 2.92. The Morgan fingerprint density at radius 2 is 0.696 bits per heavy atom. The molecule has 0 bridgehead atoms. The van der Waals surface area contributed by atoms with Crippen molar-refractivity contribution in [1.82, 2.24) is 0 Å². The Hall–Kier alpha value is 0. The van der Waals surface area contributed by atoms with Crippen molar-refractivity contribution >= 4 is 0 Å². The largest absolute Gasteiger partial charge is 0.0654 e. The molecule has 0 aromatic heterocycles. The van der Waals surface area contributed by atoms with Crippen molar-refractivity contribution in [3.05, 3.63) is 6.42 Å². The molecular weight excluding hydrogens is 276 g/mol. The van der Waals surface area contributed by atoms with Gasteiger partial charge in [0.2, 0.25) is 0 Å². The Morgan fingerprint density at radius 1 is 0.391 bits per heavy atom. The molecule has 0 saturated heterocycles. The highest BCUT2D eigenvalue weighted by atomic mass is 14.0. The van der Waals surface area contributed by atoms with Crippen LogP contribution in [0.1, 0.15) is 142 Å². The second-order valence-electron chi connectivity index (χ2n) is 7.50. The number of unbranched alkanes of at least 4 members (excludes halogenated alkanes) is 20. The topological polar surface area (TPSA) is 0 Å². The molecule has 139 valence electrons. The minimum absolute atomic E-state index is 1.25. The first kappa shape index (κ1) is 23.0. The average molecular weight is 324 g/mol. The smallest absolute Gasteiger partial charge is 0.0389 e. The van der Waals surface area contributed by atoms with E-state index in [1.165, 1.54) is 128 Å². The van der Waals surface area contributed by atoms with E-state index in [1.54, 1.807) is 0 Å². The van der Waals surface area contributed by atoms with Gasteiger partial charge in [0.1, 0.15) is 0 Å². The third-order valence-electron chi connectivity index (χ3n) is 5.05. The van der Waals surface area contributed by atoms with E-state index in [-0.39, 0.29) is 0 Å². The van der Waals surface area contributed by atoms with Gasteiger partial charge in [-0.15, -0.1) is 0 Å². The van der Waals surface area contributed by atoms with Crippen LogP contribution in [0.15, 0.2) is 0 Å². The molecular formula is C23H47. The fraction of sp³-hybridized carbons (Fsp3) is 0.957. The van der Waals surface area contributed by atoms with E-state index in [9.17, 15) is 0 Å². The lowest BCUT2D eigenvalue weighted by Gasteiger charge is -2.04. The van der Waals surface area contributed by atoms with Crippen LogP contribution >= 0.6 is 0 Å². The Bertz CT molecular complexity index is 164. The Morgan fingerprint density at radius 3 is 1.00 bits per heavy atom. The van der Waals surface area contributed by atoms with Gasteiger partial charge >= 0.3 is 0 Å². The van der Waals surface area contributed by atoms with Crippen LogP contribution in [-0.4, -0.2) is 0 Å². The lowest BCUT2D eigenvalue weighted by Crippen LogP contribution is -1.84. The monoisotopic (exact) mass is 323 g/mol. The summed E-state index contributed by atoms with van der Waals surface area (Å²) in [6, 6.07) is 0. The van der Waals surface area contributed by atoms with Crippen molar-refractivity contribution in [3.8, 4) is 0 Å². The van der Waals surface area contributed by atoms with E-state index < -0.39 is 0 Å². The van der Waals surface area contributed by atoms with Crippen LogP contribution in [0, 0.1) is 6.42 Å². The molecule has 0 nitrogen and oxygen atoms in total. The van der Waals surface area contributed by atoms with Gasteiger partial charge in [-0.05, 0) is 6.42 Å². The summed E-state index contributed by atoms with van der Waals surface area (Å²) in [6.45, 7) is 4.54. The fourth-order valence-electron chi connectivity index (χ4n) is 3.39. The van der Waals surface area contributed by atoms with Crippen LogP contribution < -0.4 is 0 Å². The first-order valence-corrected chi connectivity index (χ1v) is 11.2. The van der Waals surface area contributed by atoms with Crippen molar-refractivity contribution in [2.75, 3.05) is 0 Å². The quantitative estimate of drug-likeness (QED) is 0.196. The molecule has 0 heterocycles. The maximum absolute atomic E-state index is 2.42. The average Bonchev–Trinajstić information content (AvgIpc) is 2.57. The van der Waals surface area contributed by atoms with Gasteiger partial charge in [0.15, 0.2) is 0 Å². The lowest BCUT2D eigenvalue weighted by atomic mass is 10.0. The van der Waals surface area contributed by atoms with Gasteiger partial charge < -0.3 is 0 Å². The van der Waals surface area contributed by atoms with Crippen molar-refractivity contribution in [3.63, 3.8) is 0 Å². The summed E-state index contributed by atoms with van der Waals surface area (Å²) < 4.78 is 0. The molecule has 0 saturated carbocycles. The molecule has 0 aliphatic carbocycles. The number of hydrogen-bond acceptors (Lipinski definition) is 0. The molecule has 0 amide bonds. The summed E-state index contributed by atoms with van der Waals surface area (Å²) in [5, 5.41) is 0. The van der Waals surface area contributed by atoms with E-state index in [4.69, 9.17) is 0 Å². The molecule has 23 heavy (non-hydrogen) atoms. The van der Waals surface area contributed by atoms with Gasteiger partial charge in [0.05, 0.1) is 0 Å². The highest BCUT2D eigenvalue weighted by molar-refractivity contribution is 4.60. The predicted octanol–water partition coefficient (Wildman–Crippen LogP) is 9.03. The summed E-state index contributed by atoms with van der Waals surface area (Å²) in [6.07, 6.45) is 31.5. The fourth-order valence-corrected chi connectivity index (χ4v) is 3.39. The second-order valence-corrected chi connectivity index (χ2v) is 7.50. The summed E-state index contributed by atoms with van der Waals surface area (Å²) in [4.78, 5) is 0. The van der Waals surface area contributed by atoms with Gasteiger partial charge in [0.25, 0.3) is 0 Å². The van der Waals surface area contributed by atoms with Crippen molar-refractivity contribution in [2.45, 2.75) is 142 Å². The zero-order chi connectivity index (χ0) is 16.8. The molecule has 0 heteroatoms. The van der Waals surface area contributed by atoms with E-state index in [2.05, 4.69) is 20.3 Å². The molecule has 0 aliphatic rings. The molecule has 0 N–H and O–H groups in total. The molecule has 0 aromatic carbocycles. The standard InChI is InChI=1S/C23H47/c1-3-5-7-9-11-13-15-17-19-21-23-22-20-18-16-14-12-10-8-6-4-2/h5H,3-4,6-23H2,1-2H3. The predicted molar refractivity (Wildman–Crippen MR) is 108 cm³/mol. The van der Waals surface area contributed by atoms with Crippen molar-refractivity contribution < 1.29 is 0 Å². The molecule has 0 aromatic rings. The molecule has 0 unspecified atom stereocenters. The van der Waals surface area contributed by atoms with Gasteiger partial charge in [-0.25, -0.2) is 0 Å². The van der Waals surface area contributed by atoms with E-state index in [1.807, 2.05) is 0 Å². The SMILES string of the molecule is CC[CH]CCCCCCCCCCCCCCCCCCCC. The Labute approximate surface area is 149 Å². The maximum Gasteiger partial charge on any atom is -0.0389 e. The highest BCUT2D eigenvalue weighted by Crippen LogP contribution is 2.14. The van der Waals surface area contributed by atoms with Crippen LogP contribution in [-0.2, 0) is 0 Å². The number of rotatable bonds is 20. The zero-order valence-electron chi connectivity index (χ0n) is 16.7. The molecule has 1 radical (unpaired) electrons. The Kier molecular flexibility index (Phi) is 22.0. The van der Waals surface area contributed by atoms with E-state index in [0.717, 1.165) is 0 Å². The first-order chi connectivity index (χ1) is 11.4. The first-order valence-electron chi connectivity index (χ1n) is 11.2. The van der Waals surface area contributed by atoms with Crippen molar-refractivity contribution in [2.24, 2.45) is 0 Å².